The molecule has 1 unspecified atom stereocenters. The minimum absolute atomic E-state index is 0.330. The summed E-state index contributed by atoms with van der Waals surface area (Å²) in [5.41, 5.74) is 8.61. The van der Waals surface area contributed by atoms with Crippen molar-refractivity contribution in [3.05, 3.63) is 34.3 Å². The van der Waals surface area contributed by atoms with Crippen LogP contribution in [0, 0.1) is 0 Å². The Kier molecular flexibility index (Phi) is 2.07. The second kappa shape index (κ2) is 3.08. The van der Waals surface area contributed by atoms with E-state index in [-0.39, 0.29) is 0 Å². The number of nitrogens with two attached hydrogens (primary N) is 1. The van der Waals surface area contributed by atoms with Gasteiger partial charge in [-0.2, -0.15) is 0 Å². The molecule has 2 heteroatoms. The first kappa shape index (κ1) is 8.09. The average Bonchev–Trinajstić information content (AvgIpc) is 2.03. The van der Waals surface area contributed by atoms with Crippen molar-refractivity contribution in [3.63, 3.8) is 0 Å². The standard InChI is InChI=1S/C10H12ClN/c11-9-3-1-7-2-4-10(12)6-8(7)5-9/h1,3,5,10H,2,4,6,12H2. The summed E-state index contributed by atoms with van der Waals surface area (Å²) in [6.07, 6.45) is 3.19. The van der Waals surface area contributed by atoms with Crippen LogP contribution in [0.2, 0.25) is 5.02 Å². The largest absolute Gasteiger partial charge is 0.327 e. The van der Waals surface area contributed by atoms with Gasteiger partial charge in [0.25, 0.3) is 0 Å². The molecule has 1 atom stereocenters. The Balaban J connectivity index is 2.37. The normalized spacial score (nSPS) is 22.0. The number of fused-ring (bicyclic) bond motifs is 1. The molecule has 1 nitrogen and oxygen atoms in total. The van der Waals surface area contributed by atoms with Gasteiger partial charge in [-0.3, -0.25) is 0 Å². The molecule has 2 N–H and O–H groups in total. The van der Waals surface area contributed by atoms with Gasteiger partial charge in [-0.25, -0.2) is 0 Å². The third kappa shape index (κ3) is 1.47. The van der Waals surface area contributed by atoms with E-state index in [2.05, 4.69) is 6.07 Å². The first-order chi connectivity index (χ1) is 5.75. The summed E-state index contributed by atoms with van der Waals surface area (Å²) < 4.78 is 0. The lowest BCUT2D eigenvalue weighted by Crippen LogP contribution is -2.27. The first-order valence-corrected chi connectivity index (χ1v) is 4.66. The molecule has 12 heavy (non-hydrogen) atoms. The van der Waals surface area contributed by atoms with Gasteiger partial charge in [0.15, 0.2) is 0 Å². The van der Waals surface area contributed by atoms with Crippen LogP contribution in [-0.2, 0) is 12.8 Å². The lowest BCUT2D eigenvalue weighted by molar-refractivity contribution is 0.576. The molecule has 0 aliphatic heterocycles. The quantitative estimate of drug-likeness (QED) is 0.652. The second-order valence-electron chi connectivity index (χ2n) is 3.42. The zero-order valence-corrected chi connectivity index (χ0v) is 7.64. The van der Waals surface area contributed by atoms with Gasteiger partial charge < -0.3 is 5.73 Å². The van der Waals surface area contributed by atoms with Crippen molar-refractivity contribution in [1.82, 2.24) is 0 Å². The highest BCUT2D eigenvalue weighted by molar-refractivity contribution is 6.30. The van der Waals surface area contributed by atoms with E-state index in [9.17, 15) is 0 Å². The van der Waals surface area contributed by atoms with E-state index in [1.165, 1.54) is 11.1 Å². The van der Waals surface area contributed by atoms with E-state index in [1.54, 1.807) is 0 Å². The van der Waals surface area contributed by atoms with E-state index in [1.807, 2.05) is 12.1 Å². The average molecular weight is 182 g/mol. The number of hydrogen-bond donors (Lipinski definition) is 1. The van der Waals surface area contributed by atoms with Gasteiger partial charge in [0.2, 0.25) is 0 Å². The topological polar surface area (TPSA) is 26.0 Å². The summed E-state index contributed by atoms with van der Waals surface area (Å²) in [6.45, 7) is 0. The molecule has 0 saturated carbocycles. The van der Waals surface area contributed by atoms with Crippen LogP contribution in [0.4, 0.5) is 0 Å². The van der Waals surface area contributed by atoms with Crippen molar-refractivity contribution in [2.24, 2.45) is 5.73 Å². The van der Waals surface area contributed by atoms with Crippen LogP contribution >= 0.6 is 11.6 Å². The summed E-state index contributed by atoms with van der Waals surface area (Å²) in [5.74, 6) is 0. The molecule has 1 aromatic rings. The number of halogens is 1. The molecule has 0 bridgehead atoms. The molecule has 1 aliphatic rings. The minimum atomic E-state index is 0.330. The fourth-order valence-electron chi connectivity index (χ4n) is 1.75. The molecule has 0 radical (unpaired) electrons. The number of rotatable bonds is 0. The lowest BCUT2D eigenvalue weighted by atomic mass is 9.89. The molecule has 0 spiro atoms. The molecule has 0 fully saturated rings. The maximum atomic E-state index is 5.88. The second-order valence-corrected chi connectivity index (χ2v) is 3.85. The van der Waals surface area contributed by atoms with Crippen molar-refractivity contribution in [1.29, 1.82) is 0 Å². The third-order valence-electron chi connectivity index (χ3n) is 2.43. The predicted octanol–water partition coefficient (Wildman–Crippen LogP) is 2.16. The predicted molar refractivity (Wildman–Crippen MR) is 51.5 cm³/mol. The summed E-state index contributed by atoms with van der Waals surface area (Å²) in [7, 11) is 0. The van der Waals surface area contributed by atoms with Crippen molar-refractivity contribution in [3.8, 4) is 0 Å². The number of benzene rings is 1. The Hall–Kier alpha value is -0.530. The molecular weight excluding hydrogens is 170 g/mol. The van der Waals surface area contributed by atoms with Crippen LogP contribution in [-0.4, -0.2) is 6.04 Å². The zero-order chi connectivity index (χ0) is 8.55. The summed E-state index contributed by atoms with van der Waals surface area (Å²) in [4.78, 5) is 0. The van der Waals surface area contributed by atoms with E-state index in [4.69, 9.17) is 17.3 Å². The Morgan fingerprint density at radius 1 is 1.33 bits per heavy atom. The highest BCUT2D eigenvalue weighted by Crippen LogP contribution is 2.23. The monoisotopic (exact) mass is 181 g/mol. The highest BCUT2D eigenvalue weighted by atomic mass is 35.5. The van der Waals surface area contributed by atoms with Gasteiger partial charge in [-0.05, 0) is 42.5 Å². The molecule has 1 aromatic carbocycles. The van der Waals surface area contributed by atoms with E-state index >= 15 is 0 Å². The Bertz CT molecular complexity index is 296. The van der Waals surface area contributed by atoms with Gasteiger partial charge in [0, 0.05) is 11.1 Å². The fraction of sp³-hybridized carbons (Fsp3) is 0.400. The maximum Gasteiger partial charge on any atom is 0.0408 e. The Morgan fingerprint density at radius 2 is 2.17 bits per heavy atom. The van der Waals surface area contributed by atoms with Crippen molar-refractivity contribution in [2.75, 3.05) is 0 Å². The van der Waals surface area contributed by atoms with Crippen LogP contribution in [0.5, 0.6) is 0 Å². The Morgan fingerprint density at radius 3 is 3.00 bits per heavy atom. The van der Waals surface area contributed by atoms with Gasteiger partial charge in [-0.15, -0.1) is 0 Å². The third-order valence-corrected chi connectivity index (χ3v) is 2.67. The fourth-order valence-corrected chi connectivity index (χ4v) is 1.95. The van der Waals surface area contributed by atoms with Crippen LogP contribution < -0.4 is 5.73 Å². The van der Waals surface area contributed by atoms with E-state index < -0.39 is 0 Å². The van der Waals surface area contributed by atoms with E-state index in [0.29, 0.717) is 6.04 Å². The zero-order valence-electron chi connectivity index (χ0n) is 6.89. The lowest BCUT2D eigenvalue weighted by Gasteiger charge is -2.21. The van der Waals surface area contributed by atoms with Crippen molar-refractivity contribution < 1.29 is 0 Å². The molecule has 1 aliphatic carbocycles. The summed E-state index contributed by atoms with van der Waals surface area (Å²) in [6, 6.07) is 6.44. The van der Waals surface area contributed by atoms with Gasteiger partial charge >= 0.3 is 0 Å². The molecular formula is C10H12ClN. The minimum Gasteiger partial charge on any atom is -0.327 e. The van der Waals surface area contributed by atoms with Crippen LogP contribution in [0.1, 0.15) is 17.5 Å². The van der Waals surface area contributed by atoms with Crippen LogP contribution in [0.15, 0.2) is 18.2 Å². The summed E-state index contributed by atoms with van der Waals surface area (Å²) >= 11 is 5.88. The molecule has 0 aromatic heterocycles. The maximum absolute atomic E-state index is 5.88. The SMILES string of the molecule is NC1CCc2ccc(Cl)cc2C1. The van der Waals surface area contributed by atoms with Gasteiger partial charge in [-0.1, -0.05) is 17.7 Å². The molecule has 0 amide bonds. The molecule has 64 valence electrons. The van der Waals surface area contributed by atoms with Gasteiger partial charge in [0.05, 0.1) is 0 Å². The summed E-state index contributed by atoms with van der Waals surface area (Å²) in [5, 5.41) is 0.822. The highest BCUT2D eigenvalue weighted by Gasteiger charge is 2.14. The molecule has 0 heterocycles. The number of hydrogen-bond acceptors (Lipinski definition) is 1. The van der Waals surface area contributed by atoms with Gasteiger partial charge in [0.1, 0.15) is 0 Å². The van der Waals surface area contributed by atoms with Crippen LogP contribution in [0.25, 0.3) is 0 Å². The van der Waals surface area contributed by atoms with Crippen molar-refractivity contribution >= 4 is 11.6 Å². The number of aryl methyl sites for hydroxylation is 1. The van der Waals surface area contributed by atoms with E-state index in [0.717, 1.165) is 24.3 Å². The smallest absolute Gasteiger partial charge is 0.0408 e. The van der Waals surface area contributed by atoms with Crippen LogP contribution in [0.3, 0.4) is 0 Å². The van der Waals surface area contributed by atoms with Crippen molar-refractivity contribution in [2.45, 2.75) is 25.3 Å². The molecule has 0 saturated heterocycles. The molecule has 2 rings (SSSR count). The first-order valence-electron chi connectivity index (χ1n) is 4.28. The Labute approximate surface area is 77.5 Å².